The molecule has 2 aliphatic heterocycles. The van der Waals surface area contributed by atoms with Gasteiger partial charge in [0.1, 0.15) is 0 Å². The maximum Gasteiger partial charge on any atom is 0.316 e. The van der Waals surface area contributed by atoms with Gasteiger partial charge < -0.3 is 9.47 Å². The van der Waals surface area contributed by atoms with Gasteiger partial charge in [0.05, 0.1) is 23.7 Å². The van der Waals surface area contributed by atoms with Crippen molar-refractivity contribution < 1.29 is 28.7 Å². The zero-order valence-electron chi connectivity index (χ0n) is 9.33. The van der Waals surface area contributed by atoms with Crippen LogP contribution in [0.4, 0.5) is 0 Å². The number of esters is 4. The van der Waals surface area contributed by atoms with Gasteiger partial charge in [-0.1, -0.05) is 0 Å². The van der Waals surface area contributed by atoms with Crippen molar-refractivity contribution in [2.75, 3.05) is 0 Å². The van der Waals surface area contributed by atoms with Crippen molar-refractivity contribution in [1.29, 1.82) is 0 Å². The average molecular weight is 250 g/mol. The van der Waals surface area contributed by atoms with Crippen LogP contribution in [0.3, 0.4) is 0 Å². The van der Waals surface area contributed by atoms with Gasteiger partial charge in [-0.2, -0.15) is 0 Å². The molecule has 0 amide bonds. The lowest BCUT2D eigenvalue weighted by Gasteiger charge is -2.25. The van der Waals surface area contributed by atoms with E-state index in [1.54, 1.807) is 0 Å². The number of ether oxygens (including phenoxy) is 2. The summed E-state index contributed by atoms with van der Waals surface area (Å²) in [5.41, 5.74) is 0. The van der Waals surface area contributed by atoms with Crippen LogP contribution in [-0.4, -0.2) is 23.9 Å². The van der Waals surface area contributed by atoms with Crippen molar-refractivity contribution in [1.82, 2.24) is 0 Å². The summed E-state index contributed by atoms with van der Waals surface area (Å²) in [7, 11) is 0. The van der Waals surface area contributed by atoms with Gasteiger partial charge in [-0.05, 0) is 24.7 Å². The Balaban J connectivity index is 1.83. The van der Waals surface area contributed by atoms with E-state index >= 15 is 0 Å². The Kier molecular flexibility index (Phi) is 1.70. The highest BCUT2D eigenvalue weighted by molar-refractivity contribution is 5.97. The molecule has 0 radical (unpaired) electrons. The van der Waals surface area contributed by atoms with Crippen LogP contribution >= 0.6 is 0 Å². The van der Waals surface area contributed by atoms with Crippen molar-refractivity contribution in [2.45, 2.75) is 12.8 Å². The molecule has 2 aliphatic carbocycles. The molecule has 0 spiro atoms. The zero-order valence-corrected chi connectivity index (χ0v) is 9.33. The molecule has 6 heteroatoms. The first kappa shape index (κ1) is 10.2. The fourth-order valence-electron chi connectivity index (χ4n) is 4.32. The molecule has 2 saturated carbocycles. The fourth-order valence-corrected chi connectivity index (χ4v) is 4.32. The predicted molar refractivity (Wildman–Crippen MR) is 52.4 cm³/mol. The van der Waals surface area contributed by atoms with Crippen molar-refractivity contribution in [3.8, 4) is 0 Å². The maximum atomic E-state index is 11.7. The molecule has 6 atom stereocenters. The van der Waals surface area contributed by atoms with E-state index in [-0.39, 0.29) is 11.8 Å². The van der Waals surface area contributed by atoms with Crippen molar-refractivity contribution in [2.24, 2.45) is 35.5 Å². The Labute approximate surface area is 102 Å². The first-order chi connectivity index (χ1) is 8.58. The maximum absolute atomic E-state index is 11.7. The van der Waals surface area contributed by atoms with Crippen LogP contribution in [0.2, 0.25) is 0 Å². The van der Waals surface area contributed by atoms with E-state index in [1.165, 1.54) is 0 Å². The molecule has 0 aromatic rings. The Morgan fingerprint density at radius 3 is 1.17 bits per heavy atom. The molecule has 4 bridgehead atoms. The summed E-state index contributed by atoms with van der Waals surface area (Å²) >= 11 is 0. The number of hydrogen-bond acceptors (Lipinski definition) is 6. The molecule has 0 aromatic carbocycles. The number of carbonyl (C=O) groups excluding carboxylic acids is 4. The third kappa shape index (κ3) is 0.996. The highest BCUT2D eigenvalue weighted by Gasteiger charge is 2.67. The summed E-state index contributed by atoms with van der Waals surface area (Å²) in [4.78, 5) is 46.8. The van der Waals surface area contributed by atoms with E-state index in [0.29, 0.717) is 12.8 Å². The number of rotatable bonds is 0. The van der Waals surface area contributed by atoms with Gasteiger partial charge in [0, 0.05) is 0 Å². The largest absolute Gasteiger partial charge is 0.393 e. The van der Waals surface area contributed by atoms with Gasteiger partial charge in [-0.15, -0.1) is 0 Å². The number of fused-ring (bicyclic) bond motifs is 9. The summed E-state index contributed by atoms with van der Waals surface area (Å²) in [6.07, 6.45) is 0.834. The van der Waals surface area contributed by atoms with E-state index in [1.807, 2.05) is 0 Å². The Hall–Kier alpha value is -1.72. The van der Waals surface area contributed by atoms with Gasteiger partial charge in [0.2, 0.25) is 0 Å². The molecular weight excluding hydrogens is 240 g/mol. The minimum Gasteiger partial charge on any atom is -0.393 e. The molecule has 5 unspecified atom stereocenters. The van der Waals surface area contributed by atoms with Crippen LogP contribution in [0.15, 0.2) is 0 Å². The van der Waals surface area contributed by atoms with Crippen LogP contribution in [0.1, 0.15) is 12.8 Å². The molecule has 2 heterocycles. The highest BCUT2D eigenvalue weighted by Crippen LogP contribution is 2.60. The van der Waals surface area contributed by atoms with E-state index in [9.17, 15) is 19.2 Å². The van der Waals surface area contributed by atoms with E-state index in [4.69, 9.17) is 9.47 Å². The smallest absolute Gasteiger partial charge is 0.316 e. The normalized spacial score (nSPS) is 48.9. The minimum absolute atomic E-state index is 0.252. The third-order valence-electron chi connectivity index (χ3n) is 4.93. The number of hydrogen-bond donors (Lipinski definition) is 0. The molecule has 4 fully saturated rings. The Morgan fingerprint density at radius 1 is 0.611 bits per heavy atom. The van der Waals surface area contributed by atoms with Crippen LogP contribution < -0.4 is 0 Å². The summed E-state index contributed by atoms with van der Waals surface area (Å²) < 4.78 is 9.41. The summed E-state index contributed by atoms with van der Waals surface area (Å²) in [6, 6.07) is 0. The standard InChI is InChI=1S/C12H10O6/c13-9-3-1-4(10(14)17-9)8-6-2-5(7(3)8)11(15)18-12(6)16/h3-8H,1-2H2/t3-,4?,5?,6?,7?,8?/m0/s1. The molecule has 4 aliphatic rings. The minimum atomic E-state index is -0.545. The van der Waals surface area contributed by atoms with Crippen molar-refractivity contribution in [3.63, 3.8) is 0 Å². The Morgan fingerprint density at radius 2 is 0.889 bits per heavy atom. The second-order valence-corrected chi connectivity index (χ2v) is 5.53. The molecular formula is C12H10O6. The second-order valence-electron chi connectivity index (χ2n) is 5.53. The number of cyclic esters (lactones) is 4. The molecule has 2 saturated heterocycles. The van der Waals surface area contributed by atoms with Gasteiger partial charge in [-0.3, -0.25) is 19.2 Å². The summed E-state index contributed by atoms with van der Waals surface area (Å²) in [6.45, 7) is 0. The molecule has 18 heavy (non-hydrogen) atoms. The van der Waals surface area contributed by atoms with Gasteiger partial charge in [0.25, 0.3) is 0 Å². The topological polar surface area (TPSA) is 86.7 Å². The third-order valence-corrected chi connectivity index (χ3v) is 4.93. The lowest BCUT2D eigenvalue weighted by Crippen LogP contribution is -2.38. The lowest BCUT2D eigenvalue weighted by atomic mass is 9.84. The summed E-state index contributed by atoms with van der Waals surface area (Å²) in [5, 5.41) is 0. The Bertz CT molecular complexity index is 423. The van der Waals surface area contributed by atoms with Crippen LogP contribution in [-0.2, 0) is 28.7 Å². The average Bonchev–Trinajstić information content (AvgIpc) is 2.79. The second kappa shape index (κ2) is 2.99. The van der Waals surface area contributed by atoms with E-state index < -0.39 is 47.5 Å². The highest BCUT2D eigenvalue weighted by atomic mass is 16.6. The first-order valence-electron chi connectivity index (χ1n) is 6.09. The van der Waals surface area contributed by atoms with Gasteiger partial charge in [0.15, 0.2) is 0 Å². The quantitative estimate of drug-likeness (QED) is 0.332. The van der Waals surface area contributed by atoms with Crippen LogP contribution in [0, 0.1) is 35.5 Å². The van der Waals surface area contributed by atoms with E-state index in [0.717, 1.165) is 0 Å². The SMILES string of the molecule is O=C1OC(=O)C2CC1C1C3C[C@H](C(=O)OC3=O)C21. The van der Waals surface area contributed by atoms with Crippen LogP contribution in [0.25, 0.3) is 0 Å². The lowest BCUT2D eigenvalue weighted by molar-refractivity contribution is -0.173. The zero-order chi connectivity index (χ0) is 12.6. The van der Waals surface area contributed by atoms with Crippen LogP contribution in [0.5, 0.6) is 0 Å². The molecule has 0 aromatic heterocycles. The molecule has 4 rings (SSSR count). The fraction of sp³-hybridized carbons (Fsp3) is 0.667. The molecule has 6 nitrogen and oxygen atoms in total. The van der Waals surface area contributed by atoms with Gasteiger partial charge in [-0.25, -0.2) is 0 Å². The summed E-state index contributed by atoms with van der Waals surface area (Å²) in [5.74, 6) is -4.38. The van der Waals surface area contributed by atoms with E-state index in [2.05, 4.69) is 0 Å². The molecule has 94 valence electrons. The van der Waals surface area contributed by atoms with Crippen molar-refractivity contribution in [3.05, 3.63) is 0 Å². The number of carbonyl (C=O) groups is 4. The predicted octanol–water partition coefficient (Wildman–Crippen LogP) is -0.342. The monoisotopic (exact) mass is 250 g/mol. The molecule has 0 N–H and O–H groups in total. The van der Waals surface area contributed by atoms with Gasteiger partial charge >= 0.3 is 23.9 Å². The van der Waals surface area contributed by atoms with Crippen molar-refractivity contribution >= 4 is 23.9 Å². The first-order valence-corrected chi connectivity index (χ1v) is 6.09.